The Bertz CT molecular complexity index is 431. The molecule has 1 aromatic rings. The van der Waals surface area contributed by atoms with Gasteiger partial charge in [-0.15, -0.1) is 0 Å². The van der Waals surface area contributed by atoms with E-state index >= 15 is 0 Å². The van der Waals surface area contributed by atoms with E-state index in [0.717, 1.165) is 18.2 Å². The zero-order chi connectivity index (χ0) is 13.3. The molecule has 0 aliphatic carbocycles. The summed E-state index contributed by atoms with van der Waals surface area (Å²) in [6.07, 6.45) is -11.3. The highest BCUT2D eigenvalue weighted by molar-refractivity contribution is 7.79. The van der Waals surface area contributed by atoms with E-state index in [4.69, 9.17) is 4.55 Å². The van der Waals surface area contributed by atoms with Gasteiger partial charge in [-0.05, 0) is 12.1 Å². The first-order valence-corrected chi connectivity index (χ1v) is 5.09. The third kappa shape index (κ3) is 3.13. The minimum absolute atomic E-state index is 0.670. The van der Waals surface area contributed by atoms with Gasteiger partial charge < -0.3 is 9.29 Å². The summed E-state index contributed by atoms with van der Waals surface area (Å²) in [5.74, 6) is -1.00. The monoisotopic (exact) mass is 276 g/mol. The lowest BCUT2D eigenvalue weighted by molar-refractivity contribution is -0.361. The van der Waals surface area contributed by atoms with Crippen molar-refractivity contribution in [2.24, 2.45) is 0 Å². The predicted octanol–water partition coefficient (Wildman–Crippen LogP) is 2.80. The highest BCUT2D eigenvalue weighted by atomic mass is 32.2. The van der Waals surface area contributed by atoms with Crippen LogP contribution >= 0.6 is 0 Å². The van der Waals surface area contributed by atoms with Crippen LogP contribution in [0.2, 0.25) is 0 Å². The first-order chi connectivity index (χ1) is 7.65. The number of benzene rings is 1. The van der Waals surface area contributed by atoms with Crippen LogP contribution in [0.5, 0.6) is 5.75 Å². The fourth-order valence-corrected chi connectivity index (χ4v) is 1.35. The molecule has 0 aliphatic rings. The van der Waals surface area contributed by atoms with Crippen molar-refractivity contribution in [2.45, 2.75) is 17.2 Å². The minimum atomic E-state index is -5.91. The summed E-state index contributed by atoms with van der Waals surface area (Å²) in [6.45, 7) is 0. The van der Waals surface area contributed by atoms with Gasteiger partial charge in [-0.3, -0.25) is 0 Å². The van der Waals surface area contributed by atoms with Crippen LogP contribution in [0, 0.1) is 0 Å². The number of hydrogen-bond acceptors (Lipinski definition) is 2. The largest absolute Gasteiger partial charge is 0.499 e. The molecular formula is C8H5F5O3S. The maximum atomic E-state index is 12.5. The summed E-state index contributed by atoms with van der Waals surface area (Å²) in [4.78, 5) is -0.670. The lowest BCUT2D eigenvalue weighted by Gasteiger charge is -2.20. The zero-order valence-corrected chi connectivity index (χ0v) is 8.69. The highest BCUT2D eigenvalue weighted by Gasteiger charge is 2.61. The normalized spacial score (nSPS) is 14.5. The zero-order valence-electron chi connectivity index (χ0n) is 7.87. The first kappa shape index (κ1) is 13.8. The Labute approximate surface area is 94.5 Å². The van der Waals surface area contributed by atoms with Crippen molar-refractivity contribution < 1.29 is 35.5 Å². The molecule has 9 heteroatoms. The maximum Gasteiger partial charge on any atom is 0.499 e. The molecule has 96 valence electrons. The number of rotatable bonds is 3. The Morgan fingerprint density at radius 3 is 2.12 bits per heavy atom. The molecule has 0 fully saturated rings. The predicted molar refractivity (Wildman–Crippen MR) is 47.1 cm³/mol. The fraction of sp³-hybridized carbons (Fsp3) is 0.250. The molecule has 0 heterocycles. The van der Waals surface area contributed by atoms with Gasteiger partial charge >= 0.3 is 12.3 Å². The number of hydrogen-bond donors (Lipinski definition) is 1. The lowest BCUT2D eigenvalue weighted by Crippen LogP contribution is -2.42. The van der Waals surface area contributed by atoms with E-state index in [1.54, 1.807) is 0 Å². The van der Waals surface area contributed by atoms with Gasteiger partial charge in [0.1, 0.15) is 10.6 Å². The molecule has 0 amide bonds. The van der Waals surface area contributed by atoms with Crippen molar-refractivity contribution in [3.05, 3.63) is 24.3 Å². The van der Waals surface area contributed by atoms with E-state index in [0.29, 0.717) is 0 Å². The Hall–Kier alpha value is -1.22. The van der Waals surface area contributed by atoms with Crippen LogP contribution < -0.4 is 4.74 Å². The number of halogens is 5. The molecule has 0 aromatic heterocycles. The van der Waals surface area contributed by atoms with Gasteiger partial charge in [0.05, 0.1) is 0 Å². The van der Waals surface area contributed by atoms with Gasteiger partial charge in [-0.2, -0.15) is 22.0 Å². The summed E-state index contributed by atoms with van der Waals surface area (Å²) in [7, 11) is 0. The third-order valence-corrected chi connectivity index (χ3v) is 2.32. The highest BCUT2D eigenvalue weighted by Crippen LogP contribution is 2.38. The average molecular weight is 276 g/mol. The van der Waals surface area contributed by atoms with Crippen LogP contribution in [0.4, 0.5) is 22.0 Å². The molecule has 3 nitrogen and oxygen atoms in total. The minimum Gasteiger partial charge on any atom is -0.424 e. The molecule has 1 rings (SSSR count). The van der Waals surface area contributed by atoms with Crippen LogP contribution in [-0.2, 0) is 11.1 Å². The second-order valence-electron chi connectivity index (χ2n) is 2.81. The summed E-state index contributed by atoms with van der Waals surface area (Å²) >= 11 is -2.73. The van der Waals surface area contributed by atoms with Crippen LogP contribution in [-0.4, -0.2) is 21.0 Å². The lowest BCUT2D eigenvalue weighted by atomic mass is 10.3. The molecule has 0 saturated heterocycles. The third-order valence-electron chi connectivity index (χ3n) is 1.61. The SMILES string of the molecule is O=S(O)c1ccccc1OC(F)(F)C(F)(F)F. The summed E-state index contributed by atoms with van der Waals surface area (Å²) in [5, 5.41) is 0. The quantitative estimate of drug-likeness (QED) is 0.682. The van der Waals surface area contributed by atoms with Crippen molar-refractivity contribution in [1.82, 2.24) is 0 Å². The molecule has 17 heavy (non-hydrogen) atoms. The molecule has 1 unspecified atom stereocenters. The van der Waals surface area contributed by atoms with Crippen molar-refractivity contribution in [1.29, 1.82) is 0 Å². The van der Waals surface area contributed by atoms with Gasteiger partial charge in [0.2, 0.25) is 0 Å². The van der Waals surface area contributed by atoms with E-state index < -0.39 is 34.0 Å². The van der Waals surface area contributed by atoms with Crippen LogP contribution in [0.1, 0.15) is 0 Å². The van der Waals surface area contributed by atoms with Gasteiger partial charge in [0.15, 0.2) is 11.1 Å². The molecule has 1 atom stereocenters. The molecule has 0 bridgehead atoms. The van der Waals surface area contributed by atoms with Gasteiger partial charge in [0.25, 0.3) is 0 Å². The molecule has 0 spiro atoms. The van der Waals surface area contributed by atoms with Crippen molar-refractivity contribution in [3.8, 4) is 5.75 Å². The van der Waals surface area contributed by atoms with Crippen molar-refractivity contribution in [2.75, 3.05) is 0 Å². The number of alkyl halides is 5. The van der Waals surface area contributed by atoms with Crippen LogP contribution in [0.3, 0.4) is 0 Å². The van der Waals surface area contributed by atoms with Crippen molar-refractivity contribution >= 4 is 11.1 Å². The number of para-hydroxylation sites is 1. The van der Waals surface area contributed by atoms with Crippen LogP contribution in [0.25, 0.3) is 0 Å². The van der Waals surface area contributed by atoms with E-state index in [9.17, 15) is 26.2 Å². The molecule has 1 N–H and O–H groups in total. The van der Waals surface area contributed by atoms with Crippen molar-refractivity contribution in [3.63, 3.8) is 0 Å². The summed E-state index contributed by atoms with van der Waals surface area (Å²) in [6, 6.07) is 3.93. The molecule has 0 saturated carbocycles. The second-order valence-corrected chi connectivity index (χ2v) is 3.75. The average Bonchev–Trinajstić information content (AvgIpc) is 2.15. The van der Waals surface area contributed by atoms with Gasteiger partial charge in [-0.1, -0.05) is 12.1 Å². The maximum absolute atomic E-state index is 12.5. The molecule has 1 aromatic carbocycles. The van der Waals surface area contributed by atoms with E-state index in [1.807, 2.05) is 0 Å². The Kier molecular flexibility index (Phi) is 3.72. The fourth-order valence-electron chi connectivity index (χ4n) is 0.875. The Balaban J connectivity index is 3.08. The molecule has 0 radical (unpaired) electrons. The standard InChI is InChI=1S/C8H5F5O3S/c9-7(10,11)8(12,13)16-5-3-1-2-4-6(5)17(14)15/h1-4H,(H,14,15). The van der Waals surface area contributed by atoms with E-state index in [2.05, 4.69) is 4.74 Å². The Morgan fingerprint density at radius 2 is 1.65 bits per heavy atom. The molecular weight excluding hydrogens is 271 g/mol. The van der Waals surface area contributed by atoms with E-state index in [1.165, 1.54) is 6.07 Å². The molecule has 0 aliphatic heterocycles. The number of ether oxygens (including phenoxy) is 1. The van der Waals surface area contributed by atoms with Gasteiger partial charge in [0, 0.05) is 0 Å². The topological polar surface area (TPSA) is 46.5 Å². The smallest absolute Gasteiger partial charge is 0.424 e. The van der Waals surface area contributed by atoms with E-state index in [-0.39, 0.29) is 0 Å². The van der Waals surface area contributed by atoms with Crippen LogP contribution in [0.15, 0.2) is 29.2 Å². The van der Waals surface area contributed by atoms with Gasteiger partial charge in [-0.25, -0.2) is 4.21 Å². The summed E-state index contributed by atoms with van der Waals surface area (Å²) < 4.78 is 83.4. The first-order valence-electron chi connectivity index (χ1n) is 3.98. The second kappa shape index (κ2) is 4.57. The Morgan fingerprint density at radius 1 is 1.12 bits per heavy atom. The summed E-state index contributed by atoms with van der Waals surface area (Å²) in [5.41, 5.74) is 0.